The second-order valence-electron chi connectivity index (χ2n) is 3.07. The van der Waals surface area contributed by atoms with E-state index in [4.69, 9.17) is 10.2 Å². The maximum Gasteiger partial charge on any atom is 0.341 e. The highest BCUT2D eigenvalue weighted by molar-refractivity contribution is 5.93. The number of hydrogen-bond donors (Lipinski definition) is 4. The number of methoxy groups -OCH3 is 1. The number of ether oxygens (including phenoxy) is 1. The molecule has 0 saturated carbocycles. The van der Waals surface area contributed by atoms with Crippen molar-refractivity contribution in [2.24, 2.45) is 0 Å². The Morgan fingerprint density at radius 3 is 2.31 bits per heavy atom. The normalized spacial score (nSPS) is 10.2. The first kappa shape index (κ1) is 12.3. The number of hydrogen-bond acceptors (Lipinski definition) is 6. The summed E-state index contributed by atoms with van der Waals surface area (Å²) in [5, 5.41) is 37.0. The van der Waals surface area contributed by atoms with E-state index in [0.717, 1.165) is 13.2 Å². The molecule has 0 spiro atoms. The lowest BCUT2D eigenvalue weighted by molar-refractivity contribution is 0.0596. The lowest BCUT2D eigenvalue weighted by atomic mass is 10.0. The molecule has 0 aliphatic rings. The Hall–Kier alpha value is -1.79. The number of carbonyl (C=O) groups excluding carboxylic acids is 1. The first-order valence-electron chi connectivity index (χ1n) is 4.43. The number of carbonyl (C=O) groups is 1. The maximum absolute atomic E-state index is 11.3. The van der Waals surface area contributed by atoms with Crippen LogP contribution in [0.3, 0.4) is 0 Å². The highest BCUT2D eigenvalue weighted by atomic mass is 16.5. The van der Waals surface area contributed by atoms with E-state index in [1.165, 1.54) is 0 Å². The Balaban J connectivity index is 3.46. The van der Waals surface area contributed by atoms with Gasteiger partial charge in [-0.05, 0) is 6.07 Å². The van der Waals surface area contributed by atoms with Crippen molar-refractivity contribution in [2.75, 3.05) is 7.11 Å². The predicted octanol–water partition coefficient (Wildman–Crippen LogP) is -0.131. The smallest absolute Gasteiger partial charge is 0.341 e. The molecule has 0 heterocycles. The number of aromatic hydroxyl groups is 2. The summed E-state index contributed by atoms with van der Waals surface area (Å²) in [6.45, 7) is -1.18. The van der Waals surface area contributed by atoms with Crippen molar-refractivity contribution in [3.63, 3.8) is 0 Å². The second kappa shape index (κ2) is 4.82. The topological polar surface area (TPSA) is 107 Å². The molecule has 0 amide bonds. The van der Waals surface area contributed by atoms with E-state index in [1.54, 1.807) is 0 Å². The van der Waals surface area contributed by atoms with Gasteiger partial charge >= 0.3 is 5.97 Å². The molecule has 88 valence electrons. The highest BCUT2D eigenvalue weighted by Crippen LogP contribution is 2.34. The molecule has 6 heteroatoms. The van der Waals surface area contributed by atoms with Crippen molar-refractivity contribution >= 4 is 5.97 Å². The van der Waals surface area contributed by atoms with E-state index in [1.807, 2.05) is 0 Å². The average Bonchev–Trinajstić information content (AvgIpc) is 2.29. The maximum atomic E-state index is 11.3. The summed E-state index contributed by atoms with van der Waals surface area (Å²) in [6, 6.07) is 1.11. The van der Waals surface area contributed by atoms with Crippen molar-refractivity contribution in [3.8, 4) is 11.5 Å². The van der Waals surface area contributed by atoms with Crippen LogP contribution in [0.5, 0.6) is 11.5 Å². The molecule has 0 aromatic heterocycles. The molecule has 0 saturated heterocycles. The standard InChI is InChI=1S/C10H12O6/c1-16-10(15)6-2-5(3-11)8(13)7(4-12)9(6)14/h2,11-14H,3-4H2,1H3. The lowest BCUT2D eigenvalue weighted by Crippen LogP contribution is -2.05. The van der Waals surface area contributed by atoms with Gasteiger partial charge in [-0.3, -0.25) is 0 Å². The van der Waals surface area contributed by atoms with E-state index in [2.05, 4.69) is 4.74 Å². The van der Waals surface area contributed by atoms with Gasteiger partial charge in [0.1, 0.15) is 17.1 Å². The highest BCUT2D eigenvalue weighted by Gasteiger charge is 2.20. The van der Waals surface area contributed by atoms with Crippen molar-refractivity contribution in [2.45, 2.75) is 13.2 Å². The van der Waals surface area contributed by atoms with E-state index in [9.17, 15) is 15.0 Å². The van der Waals surface area contributed by atoms with Gasteiger partial charge in [-0.2, -0.15) is 0 Å². The zero-order valence-corrected chi connectivity index (χ0v) is 8.60. The summed E-state index contributed by atoms with van der Waals surface area (Å²) < 4.78 is 4.41. The number of phenols is 2. The number of aliphatic hydroxyl groups is 2. The first-order valence-corrected chi connectivity index (χ1v) is 4.43. The largest absolute Gasteiger partial charge is 0.507 e. The van der Waals surface area contributed by atoms with E-state index in [-0.39, 0.29) is 16.7 Å². The van der Waals surface area contributed by atoms with Crippen LogP contribution in [0, 0.1) is 0 Å². The zero-order chi connectivity index (χ0) is 12.3. The molecule has 0 aliphatic heterocycles. The number of esters is 1. The molecule has 4 N–H and O–H groups in total. The number of rotatable bonds is 3. The van der Waals surface area contributed by atoms with Crippen molar-refractivity contribution in [1.29, 1.82) is 0 Å². The van der Waals surface area contributed by atoms with Gasteiger partial charge < -0.3 is 25.2 Å². The van der Waals surface area contributed by atoms with Gasteiger partial charge in [0.15, 0.2) is 0 Å². The molecule has 0 unspecified atom stereocenters. The summed E-state index contributed by atoms with van der Waals surface area (Å²) in [7, 11) is 1.13. The molecule has 6 nitrogen and oxygen atoms in total. The Morgan fingerprint density at radius 1 is 1.25 bits per heavy atom. The fraction of sp³-hybridized carbons (Fsp3) is 0.300. The van der Waals surface area contributed by atoms with Crippen LogP contribution in [-0.4, -0.2) is 33.5 Å². The van der Waals surface area contributed by atoms with Crippen LogP contribution in [0.15, 0.2) is 6.07 Å². The van der Waals surface area contributed by atoms with E-state index in [0.29, 0.717) is 0 Å². The second-order valence-corrected chi connectivity index (χ2v) is 3.07. The van der Waals surface area contributed by atoms with E-state index < -0.39 is 30.7 Å². The SMILES string of the molecule is COC(=O)c1cc(CO)c(O)c(CO)c1O. The molecule has 0 radical (unpaired) electrons. The molecule has 1 rings (SSSR count). The number of benzene rings is 1. The fourth-order valence-corrected chi connectivity index (χ4v) is 1.32. The van der Waals surface area contributed by atoms with E-state index >= 15 is 0 Å². The minimum absolute atomic E-state index is 0.0299. The average molecular weight is 228 g/mol. The van der Waals surface area contributed by atoms with Crippen molar-refractivity contribution in [1.82, 2.24) is 0 Å². The van der Waals surface area contributed by atoms with Crippen LogP contribution in [0.1, 0.15) is 21.5 Å². The Morgan fingerprint density at radius 2 is 1.88 bits per heavy atom. The summed E-state index contributed by atoms with van der Waals surface area (Å²) in [6.07, 6.45) is 0. The van der Waals surface area contributed by atoms with Crippen molar-refractivity contribution < 1.29 is 30.0 Å². The molecular formula is C10H12O6. The lowest BCUT2D eigenvalue weighted by Gasteiger charge is -2.12. The van der Waals surface area contributed by atoms with Gasteiger partial charge in [0.25, 0.3) is 0 Å². The van der Waals surface area contributed by atoms with Gasteiger partial charge in [-0.15, -0.1) is 0 Å². The molecule has 16 heavy (non-hydrogen) atoms. The van der Waals surface area contributed by atoms with Gasteiger partial charge in [-0.25, -0.2) is 4.79 Å². The summed E-state index contributed by atoms with van der Waals surface area (Å²) >= 11 is 0. The van der Waals surface area contributed by atoms with Crippen LogP contribution in [0.25, 0.3) is 0 Å². The minimum atomic E-state index is -0.818. The zero-order valence-electron chi connectivity index (χ0n) is 8.60. The van der Waals surface area contributed by atoms with Crippen LogP contribution >= 0.6 is 0 Å². The molecular weight excluding hydrogens is 216 g/mol. The molecule has 0 fully saturated rings. The third-order valence-electron chi connectivity index (χ3n) is 2.18. The van der Waals surface area contributed by atoms with Crippen LogP contribution in [0.4, 0.5) is 0 Å². The Labute approximate surface area is 91.3 Å². The molecule has 1 aromatic rings. The molecule has 0 bridgehead atoms. The predicted molar refractivity (Wildman–Crippen MR) is 53.0 cm³/mol. The van der Waals surface area contributed by atoms with Gasteiger partial charge in [0, 0.05) is 5.56 Å². The summed E-state index contributed by atoms with van der Waals surface area (Å²) in [5.41, 5.74) is -0.400. The van der Waals surface area contributed by atoms with Crippen LogP contribution in [-0.2, 0) is 18.0 Å². The third-order valence-corrected chi connectivity index (χ3v) is 2.18. The van der Waals surface area contributed by atoms with Crippen molar-refractivity contribution in [3.05, 3.63) is 22.8 Å². The van der Waals surface area contributed by atoms with Crippen LogP contribution in [0.2, 0.25) is 0 Å². The summed E-state index contributed by atoms with van der Waals surface area (Å²) in [4.78, 5) is 11.3. The fourth-order valence-electron chi connectivity index (χ4n) is 1.32. The van der Waals surface area contributed by atoms with Gasteiger partial charge in [0.2, 0.25) is 0 Å². The van der Waals surface area contributed by atoms with Crippen LogP contribution < -0.4 is 0 Å². The monoisotopic (exact) mass is 228 g/mol. The number of aliphatic hydroxyl groups excluding tert-OH is 2. The third kappa shape index (κ3) is 1.93. The van der Waals surface area contributed by atoms with Gasteiger partial charge in [0.05, 0.1) is 25.9 Å². The Kier molecular flexibility index (Phi) is 3.70. The Bertz CT molecular complexity index is 412. The minimum Gasteiger partial charge on any atom is -0.507 e. The molecule has 0 aliphatic carbocycles. The van der Waals surface area contributed by atoms with Gasteiger partial charge in [-0.1, -0.05) is 0 Å². The molecule has 0 atom stereocenters. The molecule has 1 aromatic carbocycles. The first-order chi connectivity index (χ1) is 7.56. The quantitative estimate of drug-likeness (QED) is 0.537. The summed E-state index contributed by atoms with van der Waals surface area (Å²) in [5.74, 6) is -1.80.